The minimum atomic E-state index is -0.105. The van der Waals surface area contributed by atoms with Crippen LogP contribution in [0.2, 0.25) is 5.02 Å². The summed E-state index contributed by atoms with van der Waals surface area (Å²) < 4.78 is 7.40. The van der Waals surface area contributed by atoms with Gasteiger partial charge in [0.1, 0.15) is 0 Å². The second-order valence-corrected chi connectivity index (χ2v) is 7.30. The monoisotopic (exact) mass is 383 g/mol. The molecular formula is C21H22ClN3O2. The molecule has 6 heteroatoms. The van der Waals surface area contributed by atoms with E-state index < -0.39 is 0 Å². The number of fused-ring (bicyclic) bond motifs is 1. The first-order chi connectivity index (χ1) is 13.2. The Morgan fingerprint density at radius 1 is 1.26 bits per heavy atom. The molecule has 1 aliphatic rings. The van der Waals surface area contributed by atoms with Gasteiger partial charge in [-0.2, -0.15) is 0 Å². The van der Waals surface area contributed by atoms with E-state index in [4.69, 9.17) is 16.3 Å². The molecule has 1 fully saturated rings. The molecule has 5 nitrogen and oxygen atoms in total. The zero-order valence-corrected chi connectivity index (χ0v) is 15.8. The van der Waals surface area contributed by atoms with Gasteiger partial charge in [-0.1, -0.05) is 41.9 Å². The Morgan fingerprint density at radius 3 is 2.89 bits per heavy atom. The Balaban J connectivity index is 1.55. The Bertz CT molecular complexity index is 933. The fraction of sp³-hybridized carbons (Fsp3) is 0.333. The maximum absolute atomic E-state index is 12.5. The normalized spacial score (nSPS) is 16.7. The summed E-state index contributed by atoms with van der Waals surface area (Å²) in [7, 11) is 0. The van der Waals surface area contributed by atoms with Crippen LogP contribution >= 0.6 is 11.6 Å². The Kier molecular flexibility index (Phi) is 5.41. The maximum atomic E-state index is 12.5. The van der Waals surface area contributed by atoms with Gasteiger partial charge in [0.15, 0.2) is 0 Å². The first kappa shape index (κ1) is 18.0. The Morgan fingerprint density at radius 2 is 2.11 bits per heavy atom. The maximum Gasteiger partial charge on any atom is 0.232 e. The van der Waals surface area contributed by atoms with Gasteiger partial charge in [0.2, 0.25) is 11.9 Å². The van der Waals surface area contributed by atoms with Crippen LogP contribution < -0.4 is 5.32 Å². The summed E-state index contributed by atoms with van der Waals surface area (Å²) in [5.41, 5.74) is 3.07. The number of rotatable bonds is 6. The van der Waals surface area contributed by atoms with E-state index in [1.54, 1.807) is 0 Å². The third-order valence-electron chi connectivity index (χ3n) is 4.94. The summed E-state index contributed by atoms with van der Waals surface area (Å²) in [6.07, 6.45) is 2.68. The minimum Gasteiger partial charge on any atom is -0.381 e. The summed E-state index contributed by atoms with van der Waals surface area (Å²) in [5, 5.41) is 3.64. The van der Waals surface area contributed by atoms with Gasteiger partial charge in [-0.15, -0.1) is 0 Å². The number of carbonyl (C=O) groups excluding carboxylic acids is 1. The number of nitrogens with zero attached hydrogens (tertiary/aromatic N) is 2. The molecule has 1 N–H and O–H groups in total. The lowest BCUT2D eigenvalue weighted by atomic mass is 10.1. The highest BCUT2D eigenvalue weighted by Crippen LogP contribution is 2.25. The van der Waals surface area contributed by atoms with Crippen molar-refractivity contribution >= 4 is 34.5 Å². The van der Waals surface area contributed by atoms with E-state index in [0.29, 0.717) is 24.2 Å². The van der Waals surface area contributed by atoms with Crippen molar-refractivity contribution in [1.82, 2.24) is 9.55 Å². The zero-order valence-electron chi connectivity index (χ0n) is 15.0. The third-order valence-corrected chi connectivity index (χ3v) is 5.17. The summed E-state index contributed by atoms with van der Waals surface area (Å²) in [4.78, 5) is 17.2. The summed E-state index contributed by atoms with van der Waals surface area (Å²) in [6, 6.07) is 16.1. The van der Waals surface area contributed by atoms with Crippen molar-refractivity contribution in [2.75, 3.05) is 18.5 Å². The topological polar surface area (TPSA) is 56.2 Å². The molecule has 2 heterocycles. The second kappa shape index (κ2) is 8.11. The Labute approximate surface area is 163 Å². The predicted molar refractivity (Wildman–Crippen MR) is 107 cm³/mol. The molecule has 0 saturated carbocycles. The molecule has 2 aromatic carbocycles. The van der Waals surface area contributed by atoms with Crippen molar-refractivity contribution in [2.45, 2.75) is 25.8 Å². The molecule has 1 aliphatic heterocycles. The van der Waals surface area contributed by atoms with E-state index in [0.717, 1.165) is 36.8 Å². The van der Waals surface area contributed by atoms with Crippen molar-refractivity contribution < 1.29 is 9.53 Å². The number of hydrogen-bond donors (Lipinski definition) is 1. The molecule has 27 heavy (non-hydrogen) atoms. The van der Waals surface area contributed by atoms with Crippen LogP contribution in [0, 0.1) is 5.92 Å². The molecule has 1 unspecified atom stereocenters. The lowest BCUT2D eigenvalue weighted by Crippen LogP contribution is -2.24. The fourth-order valence-corrected chi connectivity index (χ4v) is 3.63. The summed E-state index contributed by atoms with van der Waals surface area (Å²) in [5.74, 6) is 0.446. The lowest BCUT2D eigenvalue weighted by molar-refractivity contribution is -0.119. The first-order valence-corrected chi connectivity index (χ1v) is 9.67. The quantitative estimate of drug-likeness (QED) is 0.690. The standard InChI is InChI=1S/C21H22ClN3O2/c22-17-8-9-19-18(13-17)23-21(24-20(26)16-10-12-27-14-16)25(19)11-4-7-15-5-2-1-3-6-15/h1-3,5-6,8-9,13,16H,4,7,10-12,14H2,(H,23,24,26). The van der Waals surface area contributed by atoms with Crippen LogP contribution in [0.1, 0.15) is 18.4 Å². The highest BCUT2D eigenvalue weighted by molar-refractivity contribution is 6.31. The molecule has 0 bridgehead atoms. The van der Waals surface area contributed by atoms with Crippen LogP contribution in [0.25, 0.3) is 11.0 Å². The highest BCUT2D eigenvalue weighted by Gasteiger charge is 2.25. The van der Waals surface area contributed by atoms with Crippen LogP contribution in [0.3, 0.4) is 0 Å². The number of imidazole rings is 1. The molecule has 1 saturated heterocycles. The number of amides is 1. The molecule has 1 atom stereocenters. The number of anilines is 1. The van der Waals surface area contributed by atoms with Crippen LogP contribution in [0.15, 0.2) is 48.5 Å². The molecule has 3 aromatic rings. The number of halogens is 1. The molecule has 140 valence electrons. The SMILES string of the molecule is O=C(Nc1nc2cc(Cl)ccc2n1CCCc1ccccc1)C1CCOC1. The number of hydrogen-bond acceptors (Lipinski definition) is 3. The molecule has 4 rings (SSSR count). The molecule has 0 aliphatic carbocycles. The van der Waals surface area contributed by atoms with Crippen LogP contribution in [-0.2, 0) is 22.5 Å². The highest BCUT2D eigenvalue weighted by atomic mass is 35.5. The van der Waals surface area contributed by atoms with Crippen LogP contribution in [0.4, 0.5) is 5.95 Å². The van der Waals surface area contributed by atoms with Gasteiger partial charge in [-0.3, -0.25) is 10.1 Å². The van der Waals surface area contributed by atoms with Crippen molar-refractivity contribution in [2.24, 2.45) is 5.92 Å². The van der Waals surface area contributed by atoms with Crippen molar-refractivity contribution in [3.05, 3.63) is 59.1 Å². The van der Waals surface area contributed by atoms with E-state index >= 15 is 0 Å². The summed E-state index contributed by atoms with van der Waals surface area (Å²) in [6.45, 7) is 1.89. The zero-order chi connectivity index (χ0) is 18.6. The average Bonchev–Trinajstić information content (AvgIpc) is 3.31. The third kappa shape index (κ3) is 4.15. The van der Waals surface area contributed by atoms with Crippen molar-refractivity contribution in [3.8, 4) is 0 Å². The lowest BCUT2D eigenvalue weighted by Gasteiger charge is -2.12. The van der Waals surface area contributed by atoms with Gasteiger partial charge in [0.25, 0.3) is 0 Å². The van der Waals surface area contributed by atoms with Gasteiger partial charge < -0.3 is 9.30 Å². The van der Waals surface area contributed by atoms with E-state index in [1.807, 2.05) is 24.3 Å². The van der Waals surface area contributed by atoms with Crippen molar-refractivity contribution in [3.63, 3.8) is 0 Å². The molecule has 0 radical (unpaired) electrons. The van der Waals surface area contributed by atoms with Crippen LogP contribution in [-0.4, -0.2) is 28.7 Å². The number of ether oxygens (including phenoxy) is 1. The van der Waals surface area contributed by atoms with E-state index in [-0.39, 0.29) is 11.8 Å². The summed E-state index contributed by atoms with van der Waals surface area (Å²) >= 11 is 6.12. The van der Waals surface area contributed by atoms with Gasteiger partial charge >= 0.3 is 0 Å². The number of benzene rings is 2. The van der Waals surface area contributed by atoms with Gasteiger partial charge in [-0.25, -0.2) is 4.98 Å². The molecule has 1 aromatic heterocycles. The second-order valence-electron chi connectivity index (χ2n) is 6.86. The molecular weight excluding hydrogens is 362 g/mol. The number of carbonyl (C=O) groups is 1. The minimum absolute atomic E-state index is 0.0294. The van der Waals surface area contributed by atoms with E-state index in [1.165, 1.54) is 5.56 Å². The smallest absolute Gasteiger partial charge is 0.232 e. The van der Waals surface area contributed by atoms with Gasteiger partial charge in [-0.05, 0) is 43.0 Å². The number of aryl methyl sites for hydroxylation is 2. The first-order valence-electron chi connectivity index (χ1n) is 9.29. The van der Waals surface area contributed by atoms with E-state index in [9.17, 15) is 4.79 Å². The largest absolute Gasteiger partial charge is 0.381 e. The average molecular weight is 384 g/mol. The van der Waals surface area contributed by atoms with Gasteiger partial charge in [0, 0.05) is 18.2 Å². The molecule has 1 amide bonds. The predicted octanol–water partition coefficient (Wildman–Crippen LogP) is 4.30. The van der Waals surface area contributed by atoms with Gasteiger partial charge in [0.05, 0.1) is 23.6 Å². The fourth-order valence-electron chi connectivity index (χ4n) is 3.46. The van der Waals surface area contributed by atoms with E-state index in [2.05, 4.69) is 39.1 Å². The van der Waals surface area contributed by atoms with Crippen LogP contribution in [0.5, 0.6) is 0 Å². The Hall–Kier alpha value is -2.37. The van der Waals surface area contributed by atoms with Crippen molar-refractivity contribution in [1.29, 1.82) is 0 Å². The number of nitrogens with one attached hydrogen (secondary N) is 1. The molecule has 0 spiro atoms. The number of aromatic nitrogens is 2.